The van der Waals surface area contributed by atoms with Crippen molar-refractivity contribution in [2.75, 3.05) is 9.62 Å². The fourth-order valence-corrected chi connectivity index (χ4v) is 6.34. The lowest BCUT2D eigenvalue weighted by Crippen LogP contribution is -2.56. The lowest BCUT2D eigenvalue weighted by Gasteiger charge is -2.29. The van der Waals surface area contributed by atoms with E-state index < -0.39 is 0 Å². The zero-order valence-corrected chi connectivity index (χ0v) is 22.1. The maximum atomic E-state index is 2.66. The van der Waals surface area contributed by atoms with Crippen LogP contribution in [0.4, 0.5) is 22.9 Å². The molecule has 0 aliphatic carbocycles. The van der Waals surface area contributed by atoms with Gasteiger partial charge in [-0.3, -0.25) is 4.81 Å². The molecule has 4 aromatic rings. The topological polar surface area (TPSA) is 10.4 Å². The van der Waals surface area contributed by atoms with Crippen LogP contribution in [0.5, 0.6) is 0 Å². The molecule has 0 saturated heterocycles. The summed E-state index contributed by atoms with van der Waals surface area (Å²) in [4.78, 5) is 5.27. The molecule has 0 spiro atoms. The van der Waals surface area contributed by atoms with Crippen molar-refractivity contribution in [3.05, 3.63) is 107 Å². The zero-order valence-electron chi connectivity index (χ0n) is 22.1. The summed E-state index contributed by atoms with van der Waals surface area (Å²) >= 11 is 0. The summed E-state index contributed by atoms with van der Waals surface area (Å²) in [6, 6.07) is 27.2. The van der Waals surface area contributed by atoms with Gasteiger partial charge in [-0.2, -0.15) is 0 Å². The van der Waals surface area contributed by atoms with Gasteiger partial charge in [0.15, 0.2) is 0 Å². The van der Waals surface area contributed by atoms with Crippen molar-refractivity contribution in [1.82, 2.24) is 0 Å². The smallest absolute Gasteiger partial charge is 0.332 e. The number of fused-ring (bicyclic) bond motifs is 7. The van der Waals surface area contributed by atoms with Crippen LogP contribution in [-0.2, 0) is 19.9 Å². The molecule has 0 saturated carbocycles. The molecule has 0 N–H and O–H groups in total. The fraction of sp³-hybridized carbons (Fsp3) is 0.281. The third kappa shape index (κ3) is 3.46. The van der Waals surface area contributed by atoms with Gasteiger partial charge in [0.1, 0.15) is 11.4 Å². The van der Waals surface area contributed by atoms with Crippen LogP contribution in [-0.4, -0.2) is 6.98 Å². The lowest BCUT2D eigenvalue weighted by atomic mass is 9.59. The number of hydrogen-bond acceptors (Lipinski definition) is 2. The molecule has 3 aromatic carbocycles. The molecular weight excluding hydrogens is 437 g/mol. The van der Waals surface area contributed by atoms with Gasteiger partial charge in [-0.15, -0.1) is 0 Å². The van der Waals surface area contributed by atoms with Gasteiger partial charge in [-0.05, 0) is 85.0 Å². The van der Waals surface area contributed by atoms with Crippen molar-refractivity contribution < 1.29 is 4.57 Å². The van der Waals surface area contributed by atoms with Crippen molar-refractivity contribution in [2.24, 2.45) is 7.05 Å². The number of anilines is 4. The van der Waals surface area contributed by atoms with Crippen molar-refractivity contribution in [3.63, 3.8) is 0 Å². The molecule has 4 heteroatoms. The maximum absolute atomic E-state index is 2.66. The van der Waals surface area contributed by atoms with E-state index in [-0.39, 0.29) is 6.98 Å². The molecule has 2 aliphatic rings. The summed E-state index contributed by atoms with van der Waals surface area (Å²) in [6.07, 6.45) is 5.55. The van der Waals surface area contributed by atoms with Crippen molar-refractivity contribution >= 4 is 35.3 Å². The summed E-state index contributed by atoms with van der Waals surface area (Å²) in [6.45, 7) is 9.23. The highest BCUT2D eigenvalue weighted by molar-refractivity contribution is 6.85. The summed E-state index contributed by atoms with van der Waals surface area (Å²) in [7, 11) is 2.19. The van der Waals surface area contributed by atoms with E-state index >= 15 is 0 Å². The van der Waals surface area contributed by atoms with Gasteiger partial charge in [0.2, 0.25) is 0 Å². The number of pyridine rings is 1. The maximum Gasteiger partial charge on any atom is 0.543 e. The minimum atomic E-state index is 0.0428. The van der Waals surface area contributed by atoms with E-state index in [2.05, 4.69) is 128 Å². The van der Waals surface area contributed by atoms with Crippen LogP contribution < -0.4 is 19.7 Å². The monoisotopic (exact) mass is 472 g/mol. The number of aryl methyl sites for hydroxylation is 5. The Morgan fingerprint density at radius 1 is 0.750 bits per heavy atom. The van der Waals surface area contributed by atoms with Crippen LogP contribution in [0.2, 0.25) is 0 Å². The number of nitrogens with zero attached hydrogens (tertiary/aromatic N) is 3. The van der Waals surface area contributed by atoms with Crippen LogP contribution in [0.1, 0.15) is 54.0 Å². The number of aromatic nitrogens is 1. The summed E-state index contributed by atoms with van der Waals surface area (Å²) in [5.41, 5.74) is 12.4. The molecule has 0 unspecified atom stereocenters. The molecule has 0 radical (unpaired) electrons. The predicted octanol–water partition coefficient (Wildman–Crippen LogP) is 6.43. The first kappa shape index (κ1) is 22.9. The lowest BCUT2D eigenvalue weighted by molar-refractivity contribution is -0.657. The van der Waals surface area contributed by atoms with Crippen LogP contribution >= 0.6 is 0 Å². The molecule has 1 aromatic heterocycles. The Bertz CT molecular complexity index is 1460. The summed E-state index contributed by atoms with van der Waals surface area (Å²) in [5, 5.41) is 0. The largest absolute Gasteiger partial charge is 0.543 e. The van der Waals surface area contributed by atoms with Crippen LogP contribution in [0.25, 0.3) is 0 Å². The van der Waals surface area contributed by atoms with Gasteiger partial charge in [-0.25, -0.2) is 4.57 Å². The highest BCUT2D eigenvalue weighted by Gasteiger charge is 2.55. The number of rotatable bonds is 2. The molecule has 0 bridgehead atoms. The predicted molar refractivity (Wildman–Crippen MR) is 152 cm³/mol. The molecule has 2 aliphatic heterocycles. The number of para-hydroxylation sites is 2. The fourth-order valence-electron chi connectivity index (χ4n) is 6.34. The van der Waals surface area contributed by atoms with Crippen molar-refractivity contribution in [3.8, 4) is 0 Å². The molecule has 0 amide bonds. The SMILES string of the molecule is Cc1ccccc1N1B2c3c(cccc3C(C)C)CCCc3ccccc3N2c2c(C)cc[n+](C)c21. The van der Waals surface area contributed by atoms with Gasteiger partial charge in [0, 0.05) is 11.2 Å². The second-order valence-electron chi connectivity index (χ2n) is 10.7. The van der Waals surface area contributed by atoms with E-state index in [0.717, 1.165) is 19.3 Å². The molecule has 3 heterocycles. The first-order valence-electron chi connectivity index (χ1n) is 13.3. The third-order valence-electron chi connectivity index (χ3n) is 8.05. The Morgan fingerprint density at radius 2 is 1.44 bits per heavy atom. The Hall–Kier alpha value is -3.53. The normalized spacial score (nSPS) is 14.6. The Labute approximate surface area is 216 Å². The molecule has 36 heavy (non-hydrogen) atoms. The molecule has 3 nitrogen and oxygen atoms in total. The van der Waals surface area contributed by atoms with Gasteiger partial charge < -0.3 is 4.81 Å². The second kappa shape index (κ2) is 8.85. The highest BCUT2D eigenvalue weighted by Crippen LogP contribution is 2.48. The molecule has 180 valence electrons. The number of benzene rings is 3. The zero-order chi connectivity index (χ0) is 25.0. The first-order valence-corrected chi connectivity index (χ1v) is 13.3. The van der Waals surface area contributed by atoms with E-state index in [1.807, 2.05) is 0 Å². The minimum Gasteiger partial charge on any atom is -0.332 e. The standard InChI is InChI=1S/C32H35BN3/c1-22(2)27-17-11-16-26-15-10-14-25-13-7-9-19-29(25)35-31-24(4)20-21-34(5)32(31)36(33(35)30(26)27)28-18-8-6-12-23(28)3/h6-9,11-13,16-22H,10,14-15H2,1-5H3/q+1. The van der Waals surface area contributed by atoms with E-state index in [0.29, 0.717) is 5.92 Å². The molecule has 6 rings (SSSR count). The van der Waals surface area contributed by atoms with E-state index in [4.69, 9.17) is 0 Å². The summed E-state index contributed by atoms with van der Waals surface area (Å²) < 4.78 is 2.31. The Balaban J connectivity index is 1.77. The minimum absolute atomic E-state index is 0.0428. The third-order valence-corrected chi connectivity index (χ3v) is 8.05. The van der Waals surface area contributed by atoms with E-state index in [1.165, 1.54) is 56.2 Å². The van der Waals surface area contributed by atoms with Crippen molar-refractivity contribution in [1.29, 1.82) is 0 Å². The molecule has 0 atom stereocenters. The van der Waals surface area contributed by atoms with Gasteiger partial charge in [-0.1, -0.05) is 68.4 Å². The number of hydrogen-bond donors (Lipinski definition) is 0. The Morgan fingerprint density at radius 3 is 2.22 bits per heavy atom. The Kier molecular flexibility index (Phi) is 5.63. The quantitative estimate of drug-likeness (QED) is 0.246. The average Bonchev–Trinajstić information content (AvgIpc) is 3.25. The highest BCUT2D eigenvalue weighted by atomic mass is 15.4. The van der Waals surface area contributed by atoms with E-state index in [9.17, 15) is 0 Å². The van der Waals surface area contributed by atoms with Gasteiger partial charge >= 0.3 is 6.98 Å². The van der Waals surface area contributed by atoms with Crippen LogP contribution in [0.3, 0.4) is 0 Å². The van der Waals surface area contributed by atoms with Crippen molar-refractivity contribution in [2.45, 2.75) is 52.9 Å². The van der Waals surface area contributed by atoms with Gasteiger partial charge in [0.25, 0.3) is 5.82 Å². The van der Waals surface area contributed by atoms with Gasteiger partial charge in [0.05, 0.1) is 13.2 Å². The van der Waals surface area contributed by atoms with Crippen LogP contribution in [0.15, 0.2) is 79.0 Å². The van der Waals surface area contributed by atoms with E-state index in [1.54, 1.807) is 0 Å². The average molecular weight is 472 g/mol. The second-order valence-corrected chi connectivity index (χ2v) is 10.7. The summed E-state index contributed by atoms with van der Waals surface area (Å²) in [5.74, 6) is 1.70. The first-order chi connectivity index (χ1) is 17.5. The van der Waals surface area contributed by atoms with Crippen LogP contribution in [0, 0.1) is 13.8 Å². The molecular formula is C32H35BN3+. The molecule has 0 fully saturated rings.